The highest BCUT2D eigenvalue weighted by Crippen LogP contribution is 2.40. The van der Waals surface area contributed by atoms with E-state index in [-0.39, 0.29) is 39.2 Å². The van der Waals surface area contributed by atoms with Gasteiger partial charge in [0.1, 0.15) is 22.9 Å². The van der Waals surface area contributed by atoms with Crippen LogP contribution in [0.4, 0.5) is 4.39 Å². The Labute approximate surface area is 186 Å². The van der Waals surface area contributed by atoms with Gasteiger partial charge in [-0.3, -0.25) is 4.79 Å². The number of hydrogen-bond acceptors (Lipinski definition) is 5. The standard InChI is InChI=1S/C25H14ClFO5/c1-13-19(32-25(29)22-11-14-5-2-3-8-20(14)30-22)10-9-15-23(28)21(31-24(13)15)12-16-17(26)6-4-7-18(16)27/h2-12H,1H3/b21-12-. The third-order valence-electron chi connectivity index (χ3n) is 5.14. The minimum atomic E-state index is -0.678. The number of allylic oxidation sites excluding steroid dienone is 1. The van der Waals surface area contributed by atoms with Crippen LogP contribution in [0.15, 0.2) is 70.8 Å². The Morgan fingerprint density at radius 1 is 1.09 bits per heavy atom. The highest BCUT2D eigenvalue weighted by Gasteiger charge is 2.31. The molecule has 32 heavy (non-hydrogen) atoms. The molecule has 5 rings (SSSR count). The molecule has 0 atom stereocenters. The fraction of sp³-hybridized carbons (Fsp3) is 0.0400. The number of benzene rings is 3. The highest BCUT2D eigenvalue weighted by atomic mass is 35.5. The van der Waals surface area contributed by atoms with Gasteiger partial charge >= 0.3 is 5.97 Å². The van der Waals surface area contributed by atoms with Crippen LogP contribution in [0.3, 0.4) is 0 Å². The Kier molecular flexibility index (Phi) is 4.79. The number of carbonyl (C=O) groups excluding carboxylic acids is 2. The molecule has 158 valence electrons. The first kappa shape index (κ1) is 20.0. The van der Waals surface area contributed by atoms with Crippen LogP contribution in [0.25, 0.3) is 17.0 Å². The van der Waals surface area contributed by atoms with Gasteiger partial charge in [0, 0.05) is 16.5 Å². The van der Waals surface area contributed by atoms with Crippen LogP contribution in [0, 0.1) is 12.7 Å². The molecule has 1 aliphatic heterocycles. The van der Waals surface area contributed by atoms with Crippen molar-refractivity contribution in [2.45, 2.75) is 6.92 Å². The molecule has 0 amide bonds. The van der Waals surface area contributed by atoms with Crippen molar-refractivity contribution in [3.63, 3.8) is 0 Å². The molecule has 0 N–H and O–H groups in total. The monoisotopic (exact) mass is 448 g/mol. The van der Waals surface area contributed by atoms with Gasteiger partial charge in [0.05, 0.1) is 10.6 Å². The maximum absolute atomic E-state index is 14.1. The average Bonchev–Trinajstić information content (AvgIpc) is 3.35. The normalized spacial score (nSPS) is 14.0. The SMILES string of the molecule is Cc1c(OC(=O)c2cc3ccccc3o2)ccc2c1O/C(=C\c1c(F)cccc1Cl)C2=O. The van der Waals surface area contributed by atoms with Gasteiger partial charge in [-0.05, 0) is 49.4 Å². The van der Waals surface area contributed by atoms with Crippen LogP contribution < -0.4 is 9.47 Å². The van der Waals surface area contributed by atoms with E-state index in [1.54, 1.807) is 25.1 Å². The van der Waals surface area contributed by atoms with Crippen molar-refractivity contribution in [2.75, 3.05) is 0 Å². The molecule has 2 heterocycles. The molecule has 5 nitrogen and oxygen atoms in total. The average molecular weight is 449 g/mol. The van der Waals surface area contributed by atoms with Crippen LogP contribution in [0.2, 0.25) is 5.02 Å². The second kappa shape index (κ2) is 7.66. The summed E-state index contributed by atoms with van der Waals surface area (Å²) in [6, 6.07) is 16.1. The smallest absolute Gasteiger partial charge is 0.379 e. The number of ketones is 1. The van der Waals surface area contributed by atoms with Crippen molar-refractivity contribution in [2.24, 2.45) is 0 Å². The molecule has 7 heteroatoms. The van der Waals surface area contributed by atoms with E-state index in [1.165, 1.54) is 36.4 Å². The van der Waals surface area contributed by atoms with Gasteiger partial charge in [-0.15, -0.1) is 0 Å². The summed E-state index contributed by atoms with van der Waals surface area (Å²) in [7, 11) is 0. The zero-order chi connectivity index (χ0) is 22.4. The molecule has 0 spiro atoms. The van der Waals surface area contributed by atoms with Crippen molar-refractivity contribution in [1.29, 1.82) is 0 Å². The second-order valence-corrected chi connectivity index (χ2v) is 7.59. The van der Waals surface area contributed by atoms with Gasteiger partial charge < -0.3 is 13.9 Å². The van der Waals surface area contributed by atoms with Crippen molar-refractivity contribution < 1.29 is 27.9 Å². The van der Waals surface area contributed by atoms with Crippen molar-refractivity contribution in [1.82, 2.24) is 0 Å². The number of fused-ring (bicyclic) bond motifs is 2. The molecule has 1 aromatic heterocycles. The van der Waals surface area contributed by atoms with Crippen LogP contribution >= 0.6 is 11.6 Å². The van der Waals surface area contributed by atoms with Crippen molar-refractivity contribution >= 4 is 40.4 Å². The lowest BCUT2D eigenvalue weighted by molar-refractivity contribution is 0.0702. The van der Waals surface area contributed by atoms with Gasteiger partial charge in [0.15, 0.2) is 5.76 Å². The summed E-state index contributed by atoms with van der Waals surface area (Å²) in [6.07, 6.45) is 1.26. The van der Waals surface area contributed by atoms with Gasteiger partial charge in [-0.1, -0.05) is 35.9 Å². The quantitative estimate of drug-likeness (QED) is 0.207. The fourth-order valence-electron chi connectivity index (χ4n) is 3.49. The predicted molar refractivity (Wildman–Crippen MR) is 117 cm³/mol. The van der Waals surface area contributed by atoms with Crippen molar-refractivity contribution in [3.8, 4) is 11.5 Å². The summed E-state index contributed by atoms with van der Waals surface area (Å²) in [5, 5.41) is 0.933. The maximum atomic E-state index is 14.1. The van der Waals surface area contributed by atoms with Gasteiger partial charge in [0.2, 0.25) is 11.5 Å². The molecule has 1 aliphatic rings. The van der Waals surface area contributed by atoms with E-state index in [0.29, 0.717) is 11.1 Å². The molecule has 0 saturated carbocycles. The molecule has 0 saturated heterocycles. The molecular weight excluding hydrogens is 435 g/mol. The third kappa shape index (κ3) is 3.35. The molecule has 3 aromatic carbocycles. The lowest BCUT2D eigenvalue weighted by Gasteiger charge is -2.09. The number of rotatable bonds is 3. The minimum Gasteiger partial charge on any atom is -0.452 e. The number of carbonyl (C=O) groups is 2. The number of para-hydroxylation sites is 1. The Balaban J connectivity index is 1.45. The molecule has 0 aliphatic carbocycles. The number of ether oxygens (including phenoxy) is 2. The molecule has 0 fully saturated rings. The van der Waals surface area contributed by atoms with Crippen LogP contribution in [0.5, 0.6) is 11.5 Å². The Morgan fingerprint density at radius 2 is 1.91 bits per heavy atom. The summed E-state index contributed by atoms with van der Waals surface area (Å²) < 4.78 is 30.9. The van der Waals surface area contributed by atoms with Gasteiger partial charge in [0.25, 0.3) is 0 Å². The number of hydrogen-bond donors (Lipinski definition) is 0. The topological polar surface area (TPSA) is 65.7 Å². The maximum Gasteiger partial charge on any atom is 0.379 e. The summed E-state index contributed by atoms with van der Waals surface area (Å²) in [4.78, 5) is 25.3. The lowest BCUT2D eigenvalue weighted by Crippen LogP contribution is -2.08. The molecule has 0 bridgehead atoms. The van der Waals surface area contributed by atoms with E-state index < -0.39 is 17.6 Å². The summed E-state index contributed by atoms with van der Waals surface area (Å²) in [6.45, 7) is 1.66. The largest absolute Gasteiger partial charge is 0.452 e. The van der Waals surface area contributed by atoms with E-state index in [2.05, 4.69) is 0 Å². The zero-order valence-electron chi connectivity index (χ0n) is 16.6. The lowest BCUT2D eigenvalue weighted by atomic mass is 10.1. The zero-order valence-corrected chi connectivity index (χ0v) is 17.4. The van der Waals surface area contributed by atoms with Crippen LogP contribution in [0.1, 0.15) is 32.0 Å². The fourth-order valence-corrected chi connectivity index (χ4v) is 3.71. The highest BCUT2D eigenvalue weighted by molar-refractivity contribution is 6.32. The summed E-state index contributed by atoms with van der Waals surface area (Å²) >= 11 is 6.05. The van der Waals surface area contributed by atoms with Gasteiger partial charge in [-0.25, -0.2) is 9.18 Å². The molecule has 0 unspecified atom stereocenters. The predicted octanol–water partition coefficient (Wildman–Crippen LogP) is 6.37. The van der Waals surface area contributed by atoms with E-state index in [1.807, 2.05) is 12.1 Å². The van der Waals surface area contributed by atoms with Crippen molar-refractivity contribution in [3.05, 3.63) is 99.7 Å². The summed E-state index contributed by atoms with van der Waals surface area (Å²) in [5.74, 6) is -1.24. The number of halogens is 2. The summed E-state index contributed by atoms with van der Waals surface area (Å²) in [5.41, 5.74) is 1.35. The Morgan fingerprint density at radius 3 is 2.69 bits per heavy atom. The van der Waals surface area contributed by atoms with E-state index >= 15 is 0 Å². The van der Waals surface area contributed by atoms with E-state index in [9.17, 15) is 14.0 Å². The Bertz CT molecular complexity index is 1400. The van der Waals surface area contributed by atoms with Crippen LogP contribution in [-0.2, 0) is 0 Å². The minimum absolute atomic E-state index is 0.0536. The molecular formula is C25H14ClFO5. The van der Waals surface area contributed by atoms with E-state index in [0.717, 1.165) is 5.39 Å². The Hall–Kier alpha value is -3.90. The van der Waals surface area contributed by atoms with Gasteiger partial charge in [-0.2, -0.15) is 0 Å². The number of esters is 1. The number of furan rings is 1. The number of Topliss-reactive ketones (excluding diaryl/α,β-unsaturated/α-hetero) is 1. The van der Waals surface area contributed by atoms with E-state index in [4.69, 9.17) is 25.5 Å². The molecule has 0 radical (unpaired) electrons. The third-order valence-corrected chi connectivity index (χ3v) is 5.47. The van der Waals surface area contributed by atoms with Crippen LogP contribution in [-0.4, -0.2) is 11.8 Å². The second-order valence-electron chi connectivity index (χ2n) is 7.18. The first-order valence-electron chi connectivity index (χ1n) is 9.65. The first-order valence-corrected chi connectivity index (χ1v) is 10.0. The first-order chi connectivity index (χ1) is 15.4. The molecule has 4 aromatic rings.